The Hall–Kier alpha value is -1.11. The summed E-state index contributed by atoms with van der Waals surface area (Å²) in [5.74, 6) is 0.711. The number of hydrogen-bond donors (Lipinski definition) is 2. The summed E-state index contributed by atoms with van der Waals surface area (Å²) >= 11 is 0. The van der Waals surface area contributed by atoms with E-state index in [0.29, 0.717) is 29.3 Å². The van der Waals surface area contributed by atoms with Gasteiger partial charge in [-0.3, -0.25) is 4.79 Å². The zero-order valence-electron chi connectivity index (χ0n) is 12.3. The summed E-state index contributed by atoms with van der Waals surface area (Å²) in [6, 6.07) is 5.18. The first-order valence-corrected chi connectivity index (χ1v) is 9.06. The van der Waals surface area contributed by atoms with Crippen LogP contribution in [0.25, 0.3) is 0 Å². The molecule has 122 valence electrons. The van der Waals surface area contributed by atoms with Crippen LogP contribution >= 0.6 is 12.4 Å². The van der Waals surface area contributed by atoms with Gasteiger partial charge in [-0.15, -0.1) is 12.4 Å². The van der Waals surface area contributed by atoms with Gasteiger partial charge in [0.05, 0.1) is 10.6 Å². The Kier molecular flexibility index (Phi) is 5.47. The second kappa shape index (κ2) is 6.98. The standard InChI is InChI=1S/C15H20N2O3S.ClH/c18-15(4-1-11-5-7-16-10-11)17-13-3-2-12-6-8-21(19,20)14(12)9-13;/h2-3,9,11,16H,1,4-8,10H2,(H,17,18);1H. The predicted molar refractivity (Wildman–Crippen MR) is 88.3 cm³/mol. The Morgan fingerprint density at radius 2 is 2.18 bits per heavy atom. The Bertz CT molecular complexity index is 655. The molecule has 2 aliphatic heterocycles. The molecule has 2 aliphatic rings. The van der Waals surface area contributed by atoms with Gasteiger partial charge in [0.15, 0.2) is 9.84 Å². The van der Waals surface area contributed by atoms with E-state index in [1.165, 1.54) is 0 Å². The summed E-state index contributed by atoms with van der Waals surface area (Å²) in [5, 5.41) is 6.09. The van der Waals surface area contributed by atoms with Crippen LogP contribution < -0.4 is 10.6 Å². The van der Waals surface area contributed by atoms with Crippen molar-refractivity contribution >= 4 is 33.8 Å². The molecular formula is C15H21ClN2O3S. The molecule has 1 atom stereocenters. The van der Waals surface area contributed by atoms with Gasteiger partial charge in [-0.1, -0.05) is 6.07 Å². The molecule has 1 amide bonds. The lowest BCUT2D eigenvalue weighted by atomic mass is 10.0. The molecule has 22 heavy (non-hydrogen) atoms. The van der Waals surface area contributed by atoms with E-state index in [2.05, 4.69) is 10.6 Å². The average Bonchev–Trinajstić information content (AvgIpc) is 3.06. The minimum Gasteiger partial charge on any atom is -0.326 e. The molecule has 1 saturated heterocycles. The molecule has 0 aromatic heterocycles. The minimum atomic E-state index is -3.15. The Labute approximate surface area is 137 Å². The lowest BCUT2D eigenvalue weighted by Gasteiger charge is -2.09. The van der Waals surface area contributed by atoms with Gasteiger partial charge in [-0.05, 0) is 56.0 Å². The van der Waals surface area contributed by atoms with Crippen molar-refractivity contribution in [2.75, 3.05) is 24.2 Å². The third-order valence-electron chi connectivity index (χ3n) is 4.27. The van der Waals surface area contributed by atoms with Crippen molar-refractivity contribution in [2.24, 2.45) is 5.92 Å². The summed E-state index contributed by atoms with van der Waals surface area (Å²) in [7, 11) is -3.15. The number of amides is 1. The van der Waals surface area contributed by atoms with Crippen molar-refractivity contribution in [2.45, 2.75) is 30.6 Å². The fourth-order valence-electron chi connectivity index (χ4n) is 3.00. The number of rotatable bonds is 4. The van der Waals surface area contributed by atoms with Crippen LogP contribution in [-0.4, -0.2) is 33.2 Å². The van der Waals surface area contributed by atoms with Crippen LogP contribution in [0, 0.1) is 5.92 Å². The number of halogens is 1. The van der Waals surface area contributed by atoms with Crippen LogP contribution in [0.5, 0.6) is 0 Å². The van der Waals surface area contributed by atoms with E-state index in [1.807, 2.05) is 0 Å². The third kappa shape index (κ3) is 3.80. The number of aryl methyl sites for hydroxylation is 1. The van der Waals surface area contributed by atoms with E-state index < -0.39 is 9.84 Å². The summed E-state index contributed by atoms with van der Waals surface area (Å²) in [5.41, 5.74) is 1.43. The molecule has 1 aromatic rings. The Balaban J connectivity index is 0.00000176. The van der Waals surface area contributed by atoms with E-state index in [-0.39, 0.29) is 24.1 Å². The normalized spacial score (nSPS) is 21.9. The number of carbonyl (C=O) groups is 1. The molecule has 1 aromatic carbocycles. The fraction of sp³-hybridized carbons (Fsp3) is 0.533. The number of nitrogens with one attached hydrogen (secondary N) is 2. The van der Waals surface area contributed by atoms with Gasteiger partial charge in [-0.2, -0.15) is 0 Å². The maximum absolute atomic E-state index is 11.9. The second-order valence-electron chi connectivity index (χ2n) is 5.84. The highest BCUT2D eigenvalue weighted by molar-refractivity contribution is 7.91. The highest BCUT2D eigenvalue weighted by Gasteiger charge is 2.26. The molecule has 2 heterocycles. The molecule has 3 rings (SSSR count). The Morgan fingerprint density at radius 1 is 1.36 bits per heavy atom. The first-order valence-electron chi connectivity index (χ1n) is 7.41. The number of anilines is 1. The number of benzene rings is 1. The van der Waals surface area contributed by atoms with Crippen molar-refractivity contribution in [3.05, 3.63) is 23.8 Å². The number of hydrogen-bond acceptors (Lipinski definition) is 4. The van der Waals surface area contributed by atoms with E-state index in [1.54, 1.807) is 18.2 Å². The maximum atomic E-state index is 11.9. The van der Waals surface area contributed by atoms with Gasteiger partial charge in [0, 0.05) is 12.1 Å². The summed E-state index contributed by atoms with van der Waals surface area (Å²) in [6.07, 6.45) is 3.06. The number of carbonyl (C=O) groups excluding carboxylic acids is 1. The van der Waals surface area contributed by atoms with Gasteiger partial charge in [0.2, 0.25) is 5.91 Å². The van der Waals surface area contributed by atoms with Crippen LogP contribution in [0.2, 0.25) is 0 Å². The molecule has 1 unspecified atom stereocenters. The molecule has 7 heteroatoms. The molecule has 0 aliphatic carbocycles. The van der Waals surface area contributed by atoms with Gasteiger partial charge in [-0.25, -0.2) is 8.42 Å². The van der Waals surface area contributed by atoms with Crippen LogP contribution in [0.3, 0.4) is 0 Å². The number of sulfone groups is 1. The smallest absolute Gasteiger partial charge is 0.224 e. The van der Waals surface area contributed by atoms with E-state index >= 15 is 0 Å². The van der Waals surface area contributed by atoms with E-state index in [4.69, 9.17) is 0 Å². The molecule has 0 spiro atoms. The van der Waals surface area contributed by atoms with Crippen LogP contribution in [0.15, 0.2) is 23.1 Å². The molecular weight excluding hydrogens is 324 g/mol. The third-order valence-corrected chi connectivity index (χ3v) is 6.06. The van der Waals surface area contributed by atoms with Gasteiger partial charge in [0.25, 0.3) is 0 Å². The maximum Gasteiger partial charge on any atom is 0.224 e. The van der Waals surface area contributed by atoms with Gasteiger partial charge in [0.1, 0.15) is 0 Å². The summed E-state index contributed by atoms with van der Waals surface area (Å²) in [6.45, 7) is 2.03. The van der Waals surface area contributed by atoms with Crippen molar-refractivity contribution in [3.63, 3.8) is 0 Å². The van der Waals surface area contributed by atoms with Crippen LogP contribution in [-0.2, 0) is 21.1 Å². The molecule has 5 nitrogen and oxygen atoms in total. The first kappa shape index (κ1) is 17.2. The van der Waals surface area contributed by atoms with Crippen molar-refractivity contribution < 1.29 is 13.2 Å². The largest absolute Gasteiger partial charge is 0.326 e. The fourth-order valence-corrected chi connectivity index (χ4v) is 4.59. The van der Waals surface area contributed by atoms with Gasteiger partial charge < -0.3 is 10.6 Å². The predicted octanol–water partition coefficient (Wildman–Crippen LogP) is 1.77. The lowest BCUT2D eigenvalue weighted by Crippen LogP contribution is -2.15. The molecule has 1 fully saturated rings. The SMILES string of the molecule is Cl.O=C(CCC1CCNC1)Nc1ccc2c(c1)S(=O)(=O)CC2. The van der Waals surface area contributed by atoms with Crippen molar-refractivity contribution in [3.8, 4) is 0 Å². The monoisotopic (exact) mass is 344 g/mol. The average molecular weight is 345 g/mol. The lowest BCUT2D eigenvalue weighted by molar-refractivity contribution is -0.116. The molecule has 0 radical (unpaired) electrons. The second-order valence-corrected chi connectivity index (χ2v) is 7.91. The topological polar surface area (TPSA) is 75.3 Å². The van der Waals surface area contributed by atoms with E-state index in [0.717, 1.165) is 31.5 Å². The Morgan fingerprint density at radius 3 is 2.91 bits per heavy atom. The van der Waals surface area contributed by atoms with E-state index in [9.17, 15) is 13.2 Å². The molecule has 2 N–H and O–H groups in total. The first-order chi connectivity index (χ1) is 10.0. The summed E-state index contributed by atoms with van der Waals surface area (Å²) in [4.78, 5) is 12.3. The highest BCUT2D eigenvalue weighted by Crippen LogP contribution is 2.28. The van der Waals surface area contributed by atoms with Crippen LogP contribution in [0.1, 0.15) is 24.8 Å². The zero-order chi connectivity index (χ0) is 14.9. The van der Waals surface area contributed by atoms with Crippen molar-refractivity contribution in [1.29, 1.82) is 0 Å². The zero-order valence-corrected chi connectivity index (χ0v) is 13.9. The quantitative estimate of drug-likeness (QED) is 0.872. The molecule has 0 saturated carbocycles. The summed E-state index contributed by atoms with van der Waals surface area (Å²) < 4.78 is 23.7. The van der Waals surface area contributed by atoms with Gasteiger partial charge >= 0.3 is 0 Å². The van der Waals surface area contributed by atoms with Crippen LogP contribution in [0.4, 0.5) is 5.69 Å². The molecule has 0 bridgehead atoms. The van der Waals surface area contributed by atoms with Crippen molar-refractivity contribution in [1.82, 2.24) is 5.32 Å². The number of fused-ring (bicyclic) bond motifs is 1. The highest BCUT2D eigenvalue weighted by atomic mass is 35.5. The minimum absolute atomic E-state index is 0.